The van der Waals surface area contributed by atoms with E-state index in [1.165, 1.54) is 12.1 Å². The molecule has 4 rings (SSSR count). The van der Waals surface area contributed by atoms with E-state index in [2.05, 4.69) is 5.32 Å². The molecule has 0 saturated carbocycles. The van der Waals surface area contributed by atoms with Gasteiger partial charge in [0.1, 0.15) is 10.7 Å². The predicted octanol–water partition coefficient (Wildman–Crippen LogP) is 4.73. The van der Waals surface area contributed by atoms with Crippen LogP contribution in [0.5, 0.6) is 0 Å². The highest BCUT2D eigenvalue weighted by Gasteiger charge is 2.34. The van der Waals surface area contributed by atoms with Crippen LogP contribution in [0.4, 0.5) is 10.1 Å². The zero-order chi connectivity index (χ0) is 18.3. The highest BCUT2D eigenvalue weighted by molar-refractivity contribution is 7.15. The number of amides is 1. The van der Waals surface area contributed by atoms with E-state index in [4.69, 9.17) is 0 Å². The van der Waals surface area contributed by atoms with E-state index in [9.17, 15) is 19.1 Å². The standard InChI is InChI=1S/C20H14FNO3S/c21-13-8-4-7-12(9-13)14-10-15(23)22-17-16(11-5-2-1-3-6-11)19(20(24)25)26-18(14)17/h1-9,14H,10H2,(H,22,23)(H,24,25)/t14-/m1/s1. The van der Waals surface area contributed by atoms with Crippen LogP contribution in [0.25, 0.3) is 11.1 Å². The molecule has 0 bridgehead atoms. The zero-order valence-corrected chi connectivity index (χ0v) is 14.3. The normalized spacial score (nSPS) is 16.0. The van der Waals surface area contributed by atoms with Gasteiger partial charge in [-0.1, -0.05) is 42.5 Å². The van der Waals surface area contributed by atoms with Gasteiger partial charge in [0.15, 0.2) is 0 Å². The Balaban J connectivity index is 1.95. The van der Waals surface area contributed by atoms with Gasteiger partial charge in [0.2, 0.25) is 5.91 Å². The summed E-state index contributed by atoms with van der Waals surface area (Å²) in [6, 6.07) is 15.2. The van der Waals surface area contributed by atoms with Crippen molar-refractivity contribution in [3.05, 3.63) is 75.7 Å². The number of hydrogen-bond donors (Lipinski definition) is 2. The van der Waals surface area contributed by atoms with Gasteiger partial charge in [-0.05, 0) is 23.3 Å². The molecule has 2 aromatic carbocycles. The summed E-state index contributed by atoms with van der Waals surface area (Å²) < 4.78 is 13.7. The third-order valence-electron chi connectivity index (χ3n) is 4.41. The second-order valence-electron chi connectivity index (χ2n) is 6.08. The van der Waals surface area contributed by atoms with Gasteiger partial charge in [-0.15, -0.1) is 11.3 Å². The number of thiophene rings is 1. The molecule has 2 heterocycles. The summed E-state index contributed by atoms with van der Waals surface area (Å²) in [7, 11) is 0. The first-order chi connectivity index (χ1) is 12.5. The molecule has 1 aliphatic heterocycles. The minimum Gasteiger partial charge on any atom is -0.477 e. The number of aromatic carboxylic acids is 1. The third-order valence-corrected chi connectivity index (χ3v) is 5.71. The lowest BCUT2D eigenvalue weighted by molar-refractivity contribution is -0.116. The van der Waals surface area contributed by atoms with Crippen LogP contribution in [0.3, 0.4) is 0 Å². The quantitative estimate of drug-likeness (QED) is 0.703. The summed E-state index contributed by atoms with van der Waals surface area (Å²) in [5.74, 6) is -2.00. The first-order valence-electron chi connectivity index (χ1n) is 8.05. The molecule has 0 saturated heterocycles. The SMILES string of the molecule is O=C1C[C@H](c2cccc(F)c2)c2sc(C(=O)O)c(-c3ccccc3)c2N1. The molecule has 0 fully saturated rings. The maximum atomic E-state index is 13.7. The van der Waals surface area contributed by atoms with Crippen molar-refractivity contribution < 1.29 is 19.1 Å². The second kappa shape index (κ2) is 6.38. The third kappa shape index (κ3) is 2.78. The van der Waals surface area contributed by atoms with Crippen molar-refractivity contribution in [3.8, 4) is 11.1 Å². The Hall–Kier alpha value is -2.99. The van der Waals surface area contributed by atoms with E-state index >= 15 is 0 Å². The summed E-state index contributed by atoms with van der Waals surface area (Å²) in [6.07, 6.45) is 0.157. The van der Waals surface area contributed by atoms with E-state index in [1.54, 1.807) is 12.1 Å². The van der Waals surface area contributed by atoms with Gasteiger partial charge >= 0.3 is 5.97 Å². The van der Waals surface area contributed by atoms with Gasteiger partial charge < -0.3 is 10.4 Å². The molecule has 0 unspecified atom stereocenters. The molecule has 130 valence electrons. The molecule has 0 aliphatic carbocycles. The molecule has 2 N–H and O–H groups in total. The van der Waals surface area contributed by atoms with Crippen LogP contribution in [0.2, 0.25) is 0 Å². The number of hydrogen-bond acceptors (Lipinski definition) is 3. The Kier molecular flexibility index (Phi) is 4.05. The average molecular weight is 367 g/mol. The maximum Gasteiger partial charge on any atom is 0.346 e. The number of halogens is 1. The molecule has 4 nitrogen and oxygen atoms in total. The topological polar surface area (TPSA) is 66.4 Å². The van der Waals surface area contributed by atoms with Crippen molar-refractivity contribution >= 4 is 28.9 Å². The number of carboxylic acid groups (broad SMARTS) is 1. The number of benzene rings is 2. The molecule has 1 aliphatic rings. The molecular weight excluding hydrogens is 353 g/mol. The number of fused-ring (bicyclic) bond motifs is 1. The monoisotopic (exact) mass is 367 g/mol. The molecule has 0 radical (unpaired) electrons. The molecule has 0 spiro atoms. The summed E-state index contributed by atoms with van der Waals surface area (Å²) in [5.41, 5.74) is 2.41. The maximum absolute atomic E-state index is 13.7. The molecule has 6 heteroatoms. The van der Waals surface area contributed by atoms with Gasteiger partial charge in [0.05, 0.1) is 5.69 Å². The number of nitrogens with one attached hydrogen (secondary N) is 1. The van der Waals surface area contributed by atoms with Crippen LogP contribution < -0.4 is 5.32 Å². The van der Waals surface area contributed by atoms with Gasteiger partial charge in [0.25, 0.3) is 0 Å². The van der Waals surface area contributed by atoms with Crippen LogP contribution in [0.1, 0.15) is 32.5 Å². The lowest BCUT2D eigenvalue weighted by Crippen LogP contribution is -2.22. The molecule has 1 amide bonds. The van der Waals surface area contributed by atoms with Crippen molar-refractivity contribution in [1.82, 2.24) is 0 Å². The minimum absolute atomic E-state index is 0.157. The lowest BCUT2D eigenvalue weighted by atomic mass is 9.88. The summed E-state index contributed by atoms with van der Waals surface area (Å²) in [6.45, 7) is 0. The van der Waals surface area contributed by atoms with Crippen LogP contribution in [0, 0.1) is 5.82 Å². The first-order valence-corrected chi connectivity index (χ1v) is 8.87. The number of carboxylic acids is 1. The van der Waals surface area contributed by atoms with Crippen molar-refractivity contribution in [2.24, 2.45) is 0 Å². The van der Waals surface area contributed by atoms with E-state index < -0.39 is 5.97 Å². The predicted molar refractivity (Wildman–Crippen MR) is 98.2 cm³/mol. The number of anilines is 1. The van der Waals surface area contributed by atoms with Crippen molar-refractivity contribution in [2.75, 3.05) is 5.32 Å². The number of carbonyl (C=O) groups excluding carboxylic acids is 1. The summed E-state index contributed by atoms with van der Waals surface area (Å²) >= 11 is 1.14. The Bertz CT molecular complexity index is 1010. The fourth-order valence-electron chi connectivity index (χ4n) is 3.31. The average Bonchev–Trinajstić information content (AvgIpc) is 3.01. The summed E-state index contributed by atoms with van der Waals surface area (Å²) in [4.78, 5) is 25.1. The van der Waals surface area contributed by atoms with E-state index in [0.717, 1.165) is 21.8 Å². The highest BCUT2D eigenvalue weighted by Crippen LogP contribution is 2.49. The van der Waals surface area contributed by atoms with Crippen LogP contribution in [-0.4, -0.2) is 17.0 Å². The smallest absolute Gasteiger partial charge is 0.346 e. The highest BCUT2D eigenvalue weighted by atomic mass is 32.1. The Morgan fingerprint density at radius 3 is 2.62 bits per heavy atom. The molecule has 1 atom stereocenters. The number of carbonyl (C=O) groups is 2. The van der Waals surface area contributed by atoms with E-state index in [0.29, 0.717) is 16.8 Å². The first kappa shape index (κ1) is 16.5. The Morgan fingerprint density at radius 1 is 1.15 bits per heavy atom. The van der Waals surface area contributed by atoms with Crippen LogP contribution in [-0.2, 0) is 4.79 Å². The van der Waals surface area contributed by atoms with Gasteiger partial charge in [-0.2, -0.15) is 0 Å². The van der Waals surface area contributed by atoms with Gasteiger partial charge in [-0.3, -0.25) is 4.79 Å². The lowest BCUT2D eigenvalue weighted by Gasteiger charge is -2.23. The Labute approximate surface area is 152 Å². The van der Waals surface area contributed by atoms with Crippen molar-refractivity contribution in [2.45, 2.75) is 12.3 Å². The van der Waals surface area contributed by atoms with Crippen LogP contribution >= 0.6 is 11.3 Å². The fraction of sp³-hybridized carbons (Fsp3) is 0.100. The largest absolute Gasteiger partial charge is 0.477 e. The van der Waals surface area contributed by atoms with E-state index in [1.807, 2.05) is 30.3 Å². The van der Waals surface area contributed by atoms with Crippen molar-refractivity contribution in [3.63, 3.8) is 0 Å². The second-order valence-corrected chi connectivity index (χ2v) is 7.13. The van der Waals surface area contributed by atoms with Crippen molar-refractivity contribution in [1.29, 1.82) is 0 Å². The minimum atomic E-state index is -1.05. The van der Waals surface area contributed by atoms with Gasteiger partial charge in [-0.25, -0.2) is 9.18 Å². The fourth-order valence-corrected chi connectivity index (χ4v) is 4.56. The molecule has 26 heavy (non-hydrogen) atoms. The number of rotatable bonds is 3. The summed E-state index contributed by atoms with van der Waals surface area (Å²) in [5, 5.41) is 12.5. The van der Waals surface area contributed by atoms with Gasteiger partial charge in [0, 0.05) is 22.8 Å². The van der Waals surface area contributed by atoms with Crippen LogP contribution in [0.15, 0.2) is 54.6 Å². The molecular formula is C20H14FNO3S. The van der Waals surface area contributed by atoms with E-state index in [-0.39, 0.29) is 28.9 Å². The molecule has 1 aromatic heterocycles. The Morgan fingerprint density at radius 2 is 1.92 bits per heavy atom. The molecule has 3 aromatic rings. The zero-order valence-electron chi connectivity index (χ0n) is 13.5.